The van der Waals surface area contributed by atoms with Crippen LogP contribution in [-0.4, -0.2) is 49.5 Å². The molecule has 0 unspecified atom stereocenters. The number of hydrogen-bond donors (Lipinski definition) is 1. The van der Waals surface area contributed by atoms with Crippen molar-refractivity contribution in [1.29, 1.82) is 0 Å². The van der Waals surface area contributed by atoms with Crippen molar-refractivity contribution in [2.24, 2.45) is 0 Å². The van der Waals surface area contributed by atoms with Gasteiger partial charge in [-0.15, -0.1) is 5.10 Å². The zero-order valence-corrected chi connectivity index (χ0v) is 13.8. The second kappa shape index (κ2) is 7.02. The van der Waals surface area contributed by atoms with Crippen molar-refractivity contribution in [3.05, 3.63) is 48.2 Å². The number of rotatable bonds is 6. The van der Waals surface area contributed by atoms with Gasteiger partial charge >= 0.3 is 0 Å². The van der Waals surface area contributed by atoms with Gasteiger partial charge in [-0.05, 0) is 25.0 Å². The van der Waals surface area contributed by atoms with E-state index in [0.717, 1.165) is 30.8 Å². The number of nitrogens with zero attached hydrogens (tertiary/aromatic N) is 5. The molecule has 0 bridgehead atoms. The summed E-state index contributed by atoms with van der Waals surface area (Å²) in [6.45, 7) is 1.94. The molecule has 4 heterocycles. The number of amides is 1. The first-order valence-electron chi connectivity index (χ1n) is 8.50. The Morgan fingerprint density at radius 3 is 3.16 bits per heavy atom. The van der Waals surface area contributed by atoms with Crippen LogP contribution < -0.4 is 5.32 Å². The van der Waals surface area contributed by atoms with E-state index in [1.807, 2.05) is 35.0 Å². The van der Waals surface area contributed by atoms with Crippen LogP contribution in [0, 0.1) is 0 Å². The van der Waals surface area contributed by atoms with Crippen LogP contribution in [-0.2, 0) is 17.7 Å². The minimum Gasteiger partial charge on any atom is -0.376 e. The molecule has 1 amide bonds. The molecule has 1 saturated heterocycles. The number of aromatic nitrogens is 5. The van der Waals surface area contributed by atoms with Crippen molar-refractivity contribution < 1.29 is 9.53 Å². The summed E-state index contributed by atoms with van der Waals surface area (Å²) in [6, 6.07) is 5.86. The SMILES string of the molecule is O=C(NCCc1cn2ccccc2n1)c1cn(C[C@@H]2CCCO2)nn1. The summed E-state index contributed by atoms with van der Waals surface area (Å²) >= 11 is 0. The van der Waals surface area contributed by atoms with Crippen LogP contribution >= 0.6 is 0 Å². The molecule has 1 fully saturated rings. The third-order valence-corrected chi connectivity index (χ3v) is 4.27. The fourth-order valence-corrected chi connectivity index (χ4v) is 2.99. The lowest BCUT2D eigenvalue weighted by Crippen LogP contribution is -2.26. The number of ether oxygens (including phenoxy) is 1. The van der Waals surface area contributed by atoms with Crippen molar-refractivity contribution in [3.8, 4) is 0 Å². The Morgan fingerprint density at radius 1 is 1.36 bits per heavy atom. The molecule has 0 radical (unpaired) electrons. The van der Waals surface area contributed by atoms with E-state index >= 15 is 0 Å². The Morgan fingerprint density at radius 2 is 2.32 bits per heavy atom. The average Bonchev–Trinajstić information content (AvgIpc) is 3.35. The lowest BCUT2D eigenvalue weighted by Gasteiger charge is -2.07. The molecule has 3 aromatic rings. The Labute approximate surface area is 144 Å². The molecule has 8 heteroatoms. The van der Waals surface area contributed by atoms with Crippen LogP contribution in [0.1, 0.15) is 29.0 Å². The first-order valence-corrected chi connectivity index (χ1v) is 8.50. The maximum absolute atomic E-state index is 12.2. The maximum atomic E-state index is 12.2. The summed E-state index contributed by atoms with van der Waals surface area (Å²) in [5.74, 6) is -0.220. The van der Waals surface area contributed by atoms with E-state index in [1.165, 1.54) is 0 Å². The lowest BCUT2D eigenvalue weighted by molar-refractivity contribution is 0.0930. The summed E-state index contributed by atoms with van der Waals surface area (Å²) in [5, 5.41) is 10.8. The monoisotopic (exact) mass is 340 g/mol. The molecule has 1 aliphatic rings. The molecule has 0 spiro atoms. The van der Waals surface area contributed by atoms with E-state index in [9.17, 15) is 4.79 Å². The van der Waals surface area contributed by atoms with E-state index in [0.29, 0.717) is 25.2 Å². The largest absolute Gasteiger partial charge is 0.376 e. The summed E-state index contributed by atoms with van der Waals surface area (Å²) < 4.78 is 9.21. The highest BCUT2D eigenvalue weighted by Gasteiger charge is 2.18. The van der Waals surface area contributed by atoms with Crippen molar-refractivity contribution in [2.45, 2.75) is 31.9 Å². The van der Waals surface area contributed by atoms with Crippen molar-refractivity contribution >= 4 is 11.6 Å². The molecule has 1 atom stereocenters. The van der Waals surface area contributed by atoms with Gasteiger partial charge < -0.3 is 14.5 Å². The van der Waals surface area contributed by atoms with Gasteiger partial charge in [0.1, 0.15) is 5.65 Å². The van der Waals surface area contributed by atoms with E-state index in [1.54, 1.807) is 10.9 Å². The Balaban J connectivity index is 1.29. The third kappa shape index (κ3) is 3.69. The average molecular weight is 340 g/mol. The number of nitrogens with one attached hydrogen (secondary N) is 1. The second-order valence-electron chi connectivity index (χ2n) is 6.17. The van der Waals surface area contributed by atoms with Gasteiger partial charge in [0.25, 0.3) is 5.91 Å². The number of carbonyl (C=O) groups is 1. The summed E-state index contributed by atoms with van der Waals surface area (Å²) in [4.78, 5) is 16.7. The molecule has 0 aliphatic carbocycles. The zero-order chi connectivity index (χ0) is 17.1. The number of hydrogen-bond acceptors (Lipinski definition) is 5. The smallest absolute Gasteiger partial charge is 0.273 e. The molecular formula is C17H20N6O2. The first-order chi connectivity index (χ1) is 12.3. The van der Waals surface area contributed by atoms with Gasteiger partial charge in [-0.2, -0.15) is 0 Å². The molecule has 0 saturated carbocycles. The highest BCUT2D eigenvalue weighted by atomic mass is 16.5. The fraction of sp³-hybridized carbons (Fsp3) is 0.412. The Bertz CT molecular complexity index is 832. The zero-order valence-electron chi connectivity index (χ0n) is 13.8. The molecule has 1 N–H and O–H groups in total. The maximum Gasteiger partial charge on any atom is 0.273 e. The van der Waals surface area contributed by atoms with E-state index in [2.05, 4.69) is 20.6 Å². The van der Waals surface area contributed by atoms with E-state index in [-0.39, 0.29) is 12.0 Å². The van der Waals surface area contributed by atoms with Crippen LogP contribution in [0.4, 0.5) is 0 Å². The van der Waals surface area contributed by atoms with E-state index < -0.39 is 0 Å². The normalized spacial score (nSPS) is 17.2. The predicted octanol–water partition coefficient (Wildman–Crippen LogP) is 1.08. The van der Waals surface area contributed by atoms with Crippen LogP contribution in [0.25, 0.3) is 5.65 Å². The molecule has 4 rings (SSSR count). The Kier molecular flexibility index (Phi) is 4.43. The summed E-state index contributed by atoms with van der Waals surface area (Å²) in [5.41, 5.74) is 2.17. The number of carbonyl (C=O) groups excluding carboxylic acids is 1. The molecule has 130 valence electrons. The van der Waals surface area contributed by atoms with Gasteiger partial charge in [0, 0.05) is 32.0 Å². The van der Waals surface area contributed by atoms with Crippen molar-refractivity contribution in [3.63, 3.8) is 0 Å². The van der Waals surface area contributed by atoms with Crippen LogP contribution in [0.15, 0.2) is 36.8 Å². The van der Waals surface area contributed by atoms with Crippen LogP contribution in [0.2, 0.25) is 0 Å². The highest BCUT2D eigenvalue weighted by molar-refractivity contribution is 5.91. The van der Waals surface area contributed by atoms with Crippen LogP contribution in [0.5, 0.6) is 0 Å². The molecule has 25 heavy (non-hydrogen) atoms. The Hall–Kier alpha value is -2.74. The number of fused-ring (bicyclic) bond motifs is 1. The van der Waals surface area contributed by atoms with Crippen molar-refractivity contribution in [2.75, 3.05) is 13.2 Å². The quantitative estimate of drug-likeness (QED) is 0.725. The second-order valence-corrected chi connectivity index (χ2v) is 6.17. The minimum absolute atomic E-state index is 0.174. The standard InChI is InChI=1S/C17H20N6O2/c24-17(15-12-23(21-20-15)11-14-4-3-9-25-14)18-7-6-13-10-22-8-2-1-5-16(22)19-13/h1-2,5,8,10,12,14H,3-4,6-7,9,11H2,(H,18,24)/t14-/m0/s1. The van der Waals surface area contributed by atoms with Gasteiger partial charge in [0.2, 0.25) is 0 Å². The summed E-state index contributed by atoms with van der Waals surface area (Å²) in [6.07, 6.45) is 8.54. The fourth-order valence-electron chi connectivity index (χ4n) is 2.99. The molecule has 8 nitrogen and oxygen atoms in total. The molecular weight excluding hydrogens is 320 g/mol. The van der Waals surface area contributed by atoms with Crippen molar-refractivity contribution in [1.82, 2.24) is 29.7 Å². The van der Waals surface area contributed by atoms with E-state index in [4.69, 9.17) is 4.74 Å². The van der Waals surface area contributed by atoms with Gasteiger partial charge in [-0.3, -0.25) is 4.79 Å². The lowest BCUT2D eigenvalue weighted by atomic mass is 10.2. The van der Waals surface area contributed by atoms with Gasteiger partial charge in [0.15, 0.2) is 5.69 Å². The van der Waals surface area contributed by atoms with Gasteiger partial charge in [-0.25, -0.2) is 9.67 Å². The van der Waals surface area contributed by atoms with Crippen LogP contribution in [0.3, 0.4) is 0 Å². The number of pyridine rings is 1. The number of imidazole rings is 1. The molecule has 1 aliphatic heterocycles. The van der Waals surface area contributed by atoms with Gasteiger partial charge in [0.05, 0.1) is 24.5 Å². The highest BCUT2D eigenvalue weighted by Crippen LogP contribution is 2.13. The molecule has 0 aromatic carbocycles. The first kappa shape index (κ1) is 15.8. The minimum atomic E-state index is -0.220. The molecule has 3 aromatic heterocycles. The summed E-state index contributed by atoms with van der Waals surface area (Å²) in [7, 11) is 0. The topological polar surface area (TPSA) is 86.3 Å². The third-order valence-electron chi connectivity index (χ3n) is 4.27. The van der Waals surface area contributed by atoms with Gasteiger partial charge in [-0.1, -0.05) is 11.3 Å². The predicted molar refractivity (Wildman–Crippen MR) is 90.2 cm³/mol.